The molecule has 20 heavy (non-hydrogen) atoms. The fourth-order valence-corrected chi connectivity index (χ4v) is 2.80. The summed E-state index contributed by atoms with van der Waals surface area (Å²) in [4.78, 5) is 15.9. The Bertz CT molecular complexity index is 512. The van der Waals surface area contributed by atoms with Crippen molar-refractivity contribution in [1.82, 2.24) is 4.90 Å². The smallest absolute Gasteiger partial charge is 0.257 e. The van der Waals surface area contributed by atoms with E-state index >= 15 is 0 Å². The first kappa shape index (κ1) is 13.4. The second-order valence-electron chi connectivity index (χ2n) is 5.22. The number of hydrogen-bond acceptors (Lipinski definition) is 5. The summed E-state index contributed by atoms with van der Waals surface area (Å²) < 4.78 is 0. The van der Waals surface area contributed by atoms with Gasteiger partial charge in [-0.15, -0.1) is 0 Å². The molecular weight excluding hydrogens is 258 g/mol. The van der Waals surface area contributed by atoms with Crippen molar-refractivity contribution < 1.29 is 15.0 Å². The van der Waals surface area contributed by atoms with Crippen LogP contribution in [0.3, 0.4) is 0 Å². The number of aliphatic hydroxyl groups is 2. The molecule has 2 aliphatic heterocycles. The van der Waals surface area contributed by atoms with Gasteiger partial charge in [0.25, 0.3) is 5.91 Å². The Morgan fingerprint density at radius 2 is 2.00 bits per heavy atom. The average molecular weight is 277 g/mol. The lowest BCUT2D eigenvalue weighted by Gasteiger charge is -2.36. The normalized spacial score (nSPS) is 22.8. The van der Waals surface area contributed by atoms with E-state index in [1.165, 1.54) is 0 Å². The molecule has 0 bridgehead atoms. The van der Waals surface area contributed by atoms with Gasteiger partial charge in [-0.1, -0.05) is 6.07 Å². The molecule has 1 atom stereocenters. The topological polar surface area (TPSA) is 76.0 Å². The van der Waals surface area contributed by atoms with Crippen molar-refractivity contribution in [2.75, 3.05) is 49.5 Å². The molecule has 1 unspecified atom stereocenters. The first-order valence-electron chi connectivity index (χ1n) is 6.90. The van der Waals surface area contributed by atoms with E-state index in [0.29, 0.717) is 11.3 Å². The summed E-state index contributed by atoms with van der Waals surface area (Å²) in [5, 5.41) is 21.3. The van der Waals surface area contributed by atoms with Crippen molar-refractivity contribution in [3.63, 3.8) is 0 Å². The number of nitrogens with one attached hydrogen (secondary N) is 1. The second-order valence-corrected chi connectivity index (χ2v) is 5.22. The highest BCUT2D eigenvalue weighted by molar-refractivity contribution is 6.02. The molecule has 3 rings (SSSR count). The van der Waals surface area contributed by atoms with E-state index in [-0.39, 0.29) is 12.5 Å². The van der Waals surface area contributed by atoms with Crippen LogP contribution in [0, 0.1) is 0 Å². The summed E-state index contributed by atoms with van der Waals surface area (Å²) in [6.07, 6.45) is -1.04. The minimum Gasteiger partial charge on any atom is -0.395 e. The lowest BCUT2D eigenvalue weighted by Crippen LogP contribution is -2.47. The van der Waals surface area contributed by atoms with E-state index in [1.807, 2.05) is 18.2 Å². The molecule has 0 saturated carbocycles. The van der Waals surface area contributed by atoms with Crippen LogP contribution in [0.2, 0.25) is 0 Å². The highest BCUT2D eigenvalue weighted by Crippen LogP contribution is 2.34. The Morgan fingerprint density at radius 3 is 2.70 bits per heavy atom. The van der Waals surface area contributed by atoms with Gasteiger partial charge < -0.3 is 20.4 Å². The molecule has 0 radical (unpaired) electrons. The van der Waals surface area contributed by atoms with Crippen molar-refractivity contribution in [2.45, 2.75) is 6.10 Å². The number of β-amino-alcohol motifs (C(OH)–C–C–N with tert-alkyl or cyclic N) is 1. The number of anilines is 2. The maximum atomic E-state index is 11.4. The van der Waals surface area contributed by atoms with Crippen LogP contribution in [0.1, 0.15) is 11.7 Å². The van der Waals surface area contributed by atoms with Crippen LogP contribution in [0.25, 0.3) is 0 Å². The Hall–Kier alpha value is -1.63. The zero-order valence-corrected chi connectivity index (χ0v) is 11.2. The van der Waals surface area contributed by atoms with Gasteiger partial charge in [0.15, 0.2) is 6.10 Å². The number of carbonyl (C=O) groups is 1. The summed E-state index contributed by atoms with van der Waals surface area (Å²) in [7, 11) is 0. The molecule has 1 fully saturated rings. The standard InChI is InChI=1S/C14H19N3O3/c18-8-7-16-3-5-17(6-4-16)10-1-2-11-12(9-10)15-14(20)13(11)19/h1-2,9,13,18-19H,3-8H2,(H,15,20). The maximum Gasteiger partial charge on any atom is 0.257 e. The molecule has 0 aromatic heterocycles. The van der Waals surface area contributed by atoms with Crippen LogP contribution in [-0.4, -0.2) is 60.4 Å². The van der Waals surface area contributed by atoms with Crippen LogP contribution in [0.5, 0.6) is 0 Å². The van der Waals surface area contributed by atoms with Crippen molar-refractivity contribution in [3.8, 4) is 0 Å². The number of piperazine rings is 1. The minimum absolute atomic E-state index is 0.197. The third-order valence-corrected chi connectivity index (χ3v) is 3.99. The monoisotopic (exact) mass is 277 g/mol. The predicted molar refractivity (Wildman–Crippen MR) is 75.8 cm³/mol. The largest absolute Gasteiger partial charge is 0.395 e. The first-order chi connectivity index (χ1) is 9.69. The van der Waals surface area contributed by atoms with E-state index < -0.39 is 6.10 Å². The summed E-state index contributed by atoms with van der Waals surface area (Å²) >= 11 is 0. The third kappa shape index (κ3) is 2.37. The summed E-state index contributed by atoms with van der Waals surface area (Å²) in [5.41, 5.74) is 2.41. The summed E-state index contributed by atoms with van der Waals surface area (Å²) in [6, 6.07) is 5.68. The fourth-order valence-electron chi connectivity index (χ4n) is 2.80. The van der Waals surface area contributed by atoms with Gasteiger partial charge in [0.2, 0.25) is 0 Å². The lowest BCUT2D eigenvalue weighted by molar-refractivity contribution is -0.123. The molecule has 0 aliphatic carbocycles. The zero-order chi connectivity index (χ0) is 14.1. The molecule has 1 saturated heterocycles. The fraction of sp³-hybridized carbons (Fsp3) is 0.500. The molecule has 1 aromatic carbocycles. The predicted octanol–water partition coefficient (Wildman–Crippen LogP) is -0.214. The second kappa shape index (κ2) is 5.40. The molecule has 2 heterocycles. The van der Waals surface area contributed by atoms with Gasteiger partial charge in [-0.25, -0.2) is 0 Å². The molecule has 6 nitrogen and oxygen atoms in total. The number of benzene rings is 1. The first-order valence-corrected chi connectivity index (χ1v) is 6.90. The van der Waals surface area contributed by atoms with Gasteiger partial charge in [0, 0.05) is 49.7 Å². The van der Waals surface area contributed by atoms with Crippen LogP contribution < -0.4 is 10.2 Å². The zero-order valence-electron chi connectivity index (χ0n) is 11.2. The van der Waals surface area contributed by atoms with Crippen LogP contribution in [0.15, 0.2) is 18.2 Å². The van der Waals surface area contributed by atoms with E-state index in [1.54, 1.807) is 0 Å². The van der Waals surface area contributed by atoms with Gasteiger partial charge in [0.05, 0.1) is 6.61 Å². The molecular formula is C14H19N3O3. The van der Waals surface area contributed by atoms with E-state index in [4.69, 9.17) is 5.11 Å². The quantitative estimate of drug-likeness (QED) is 0.712. The number of hydrogen-bond donors (Lipinski definition) is 3. The van der Waals surface area contributed by atoms with Crippen molar-refractivity contribution in [2.24, 2.45) is 0 Å². The molecule has 108 valence electrons. The number of fused-ring (bicyclic) bond motifs is 1. The third-order valence-electron chi connectivity index (χ3n) is 3.99. The Morgan fingerprint density at radius 1 is 1.25 bits per heavy atom. The summed E-state index contributed by atoms with van der Waals surface area (Å²) in [5.74, 6) is -0.357. The molecule has 3 N–H and O–H groups in total. The summed E-state index contributed by atoms with van der Waals surface area (Å²) in [6.45, 7) is 4.56. The van der Waals surface area contributed by atoms with E-state index in [2.05, 4.69) is 15.1 Å². The molecule has 0 spiro atoms. The molecule has 6 heteroatoms. The average Bonchev–Trinajstić information content (AvgIpc) is 2.75. The Balaban J connectivity index is 1.71. The van der Waals surface area contributed by atoms with E-state index in [9.17, 15) is 9.90 Å². The van der Waals surface area contributed by atoms with Gasteiger partial charge in [-0.05, 0) is 12.1 Å². The minimum atomic E-state index is -1.04. The van der Waals surface area contributed by atoms with Crippen LogP contribution >= 0.6 is 0 Å². The van der Waals surface area contributed by atoms with E-state index in [0.717, 1.165) is 38.4 Å². The highest BCUT2D eigenvalue weighted by Gasteiger charge is 2.29. The van der Waals surface area contributed by atoms with Gasteiger partial charge in [-0.3, -0.25) is 9.69 Å². The van der Waals surface area contributed by atoms with Crippen molar-refractivity contribution in [1.29, 1.82) is 0 Å². The number of amides is 1. The van der Waals surface area contributed by atoms with Crippen molar-refractivity contribution in [3.05, 3.63) is 23.8 Å². The van der Waals surface area contributed by atoms with Gasteiger partial charge in [-0.2, -0.15) is 0 Å². The number of carbonyl (C=O) groups excluding carboxylic acids is 1. The van der Waals surface area contributed by atoms with Crippen LogP contribution in [0.4, 0.5) is 11.4 Å². The molecule has 2 aliphatic rings. The number of rotatable bonds is 3. The Kier molecular flexibility index (Phi) is 3.60. The number of aliphatic hydroxyl groups excluding tert-OH is 2. The van der Waals surface area contributed by atoms with Gasteiger partial charge >= 0.3 is 0 Å². The molecule has 1 amide bonds. The number of nitrogens with zero attached hydrogens (tertiary/aromatic N) is 2. The lowest BCUT2D eigenvalue weighted by atomic mass is 10.1. The molecule has 1 aromatic rings. The Labute approximate surface area is 117 Å². The van der Waals surface area contributed by atoms with Crippen LogP contribution in [-0.2, 0) is 4.79 Å². The highest BCUT2D eigenvalue weighted by atomic mass is 16.3. The van der Waals surface area contributed by atoms with Gasteiger partial charge in [0.1, 0.15) is 0 Å². The maximum absolute atomic E-state index is 11.4. The van der Waals surface area contributed by atoms with Crippen molar-refractivity contribution >= 4 is 17.3 Å². The SMILES string of the molecule is O=C1Nc2cc(N3CCN(CCO)CC3)ccc2C1O.